The smallest absolute Gasteiger partial charge is 0.417 e. The first-order valence-electron chi connectivity index (χ1n) is 8.37. The molecule has 1 aromatic rings. The Bertz CT molecular complexity index is 703. The lowest BCUT2D eigenvalue weighted by atomic mass is 10.2. The third-order valence-corrected chi connectivity index (χ3v) is 3.93. The lowest BCUT2D eigenvalue weighted by molar-refractivity contribution is -0.138. The molecule has 0 saturated carbocycles. The van der Waals surface area contributed by atoms with E-state index in [0.29, 0.717) is 32.0 Å². The van der Waals surface area contributed by atoms with Crippen LogP contribution in [0.1, 0.15) is 12.5 Å². The summed E-state index contributed by atoms with van der Waals surface area (Å²) in [6.07, 6.45) is -3.62. The van der Waals surface area contributed by atoms with Gasteiger partial charge < -0.3 is 25.1 Å². The summed E-state index contributed by atoms with van der Waals surface area (Å²) in [6.45, 7) is 2.84. The van der Waals surface area contributed by atoms with Crippen molar-refractivity contribution < 1.29 is 32.7 Å². The number of carbonyl (C=O) groups is 2. The van der Waals surface area contributed by atoms with Crippen molar-refractivity contribution in [3.8, 4) is 0 Å². The molecule has 1 unspecified atom stereocenters. The number of halogens is 3. The van der Waals surface area contributed by atoms with Crippen molar-refractivity contribution in [2.24, 2.45) is 5.16 Å². The van der Waals surface area contributed by atoms with E-state index >= 15 is 0 Å². The van der Waals surface area contributed by atoms with Gasteiger partial charge in [0.15, 0.2) is 6.61 Å². The highest BCUT2D eigenvalue weighted by Gasteiger charge is 2.31. The maximum atomic E-state index is 12.6. The number of nitrogens with zero attached hydrogens (tertiary/aromatic N) is 4. The molecule has 1 saturated heterocycles. The molecule has 1 fully saturated rings. The molecule has 2 amide bonds. The Morgan fingerprint density at radius 1 is 1.36 bits per heavy atom. The van der Waals surface area contributed by atoms with Crippen molar-refractivity contribution in [1.29, 1.82) is 0 Å². The van der Waals surface area contributed by atoms with Crippen LogP contribution in [0, 0.1) is 0 Å². The lowest BCUT2D eigenvalue weighted by Gasteiger charge is -2.35. The SMILES string of the molecule is CC(C=NOCC(=O)N1CCN(c2ccc(C(F)(F)F)cn2)CC1)NC(=O)O. The van der Waals surface area contributed by atoms with Crippen molar-refractivity contribution in [2.75, 3.05) is 37.7 Å². The number of alkyl halides is 3. The molecule has 1 aromatic heterocycles. The average Bonchev–Trinajstić information content (AvgIpc) is 2.64. The first-order chi connectivity index (χ1) is 13.2. The molecule has 1 aliphatic rings. The minimum absolute atomic E-state index is 0.295. The van der Waals surface area contributed by atoms with Crippen molar-refractivity contribution >= 4 is 24.0 Å². The Morgan fingerprint density at radius 2 is 2.04 bits per heavy atom. The number of carboxylic acid groups (broad SMARTS) is 1. The summed E-state index contributed by atoms with van der Waals surface area (Å²) >= 11 is 0. The third-order valence-electron chi connectivity index (χ3n) is 3.93. The molecule has 2 heterocycles. The van der Waals surface area contributed by atoms with E-state index in [-0.39, 0.29) is 12.5 Å². The Labute approximate surface area is 158 Å². The number of pyridine rings is 1. The van der Waals surface area contributed by atoms with Crippen LogP contribution in [-0.4, -0.2) is 72.0 Å². The Hall–Kier alpha value is -3.05. The molecule has 0 spiro atoms. The molecule has 28 heavy (non-hydrogen) atoms. The van der Waals surface area contributed by atoms with Gasteiger partial charge >= 0.3 is 12.3 Å². The summed E-state index contributed by atoms with van der Waals surface area (Å²) < 4.78 is 37.7. The lowest BCUT2D eigenvalue weighted by Crippen LogP contribution is -2.50. The molecule has 9 nitrogen and oxygen atoms in total. The van der Waals surface area contributed by atoms with E-state index in [0.717, 1.165) is 12.3 Å². The van der Waals surface area contributed by atoms with Gasteiger partial charge in [0.1, 0.15) is 5.82 Å². The van der Waals surface area contributed by atoms with Gasteiger partial charge in [0.05, 0.1) is 17.8 Å². The monoisotopic (exact) mass is 403 g/mol. The molecule has 0 aromatic carbocycles. The first-order valence-corrected chi connectivity index (χ1v) is 8.37. The normalized spacial score (nSPS) is 16.1. The number of anilines is 1. The second kappa shape index (κ2) is 9.24. The Morgan fingerprint density at radius 3 is 2.57 bits per heavy atom. The molecular formula is C16H20F3N5O4. The topological polar surface area (TPSA) is 107 Å². The van der Waals surface area contributed by atoms with Crippen LogP contribution in [0.15, 0.2) is 23.5 Å². The van der Waals surface area contributed by atoms with Crippen LogP contribution in [0.25, 0.3) is 0 Å². The number of oxime groups is 1. The van der Waals surface area contributed by atoms with Crippen LogP contribution in [0.3, 0.4) is 0 Å². The summed E-state index contributed by atoms with van der Waals surface area (Å²) in [5.74, 6) is 0.122. The van der Waals surface area contributed by atoms with Crippen LogP contribution in [-0.2, 0) is 15.8 Å². The number of nitrogens with one attached hydrogen (secondary N) is 1. The average molecular weight is 403 g/mol. The number of aromatic nitrogens is 1. The molecule has 2 N–H and O–H groups in total. The molecule has 0 radical (unpaired) electrons. The van der Waals surface area contributed by atoms with Gasteiger partial charge in [-0.05, 0) is 19.1 Å². The number of hydrogen-bond donors (Lipinski definition) is 2. The van der Waals surface area contributed by atoms with Crippen LogP contribution in [0.4, 0.5) is 23.8 Å². The summed E-state index contributed by atoms with van der Waals surface area (Å²) in [5.41, 5.74) is -0.810. The van der Waals surface area contributed by atoms with Crippen molar-refractivity contribution in [3.63, 3.8) is 0 Å². The van der Waals surface area contributed by atoms with E-state index in [9.17, 15) is 22.8 Å². The fourth-order valence-corrected chi connectivity index (χ4v) is 2.48. The summed E-state index contributed by atoms with van der Waals surface area (Å²) in [7, 11) is 0. The van der Waals surface area contributed by atoms with Crippen LogP contribution < -0.4 is 10.2 Å². The fourth-order valence-electron chi connectivity index (χ4n) is 2.48. The summed E-state index contributed by atoms with van der Waals surface area (Å²) in [6, 6.07) is 1.73. The second-order valence-corrected chi connectivity index (χ2v) is 6.04. The first kappa shape index (κ1) is 21.3. The van der Waals surface area contributed by atoms with Gasteiger partial charge in [-0.1, -0.05) is 5.16 Å². The van der Waals surface area contributed by atoms with Gasteiger partial charge in [-0.2, -0.15) is 13.2 Å². The van der Waals surface area contributed by atoms with Gasteiger partial charge in [0.25, 0.3) is 5.91 Å². The molecule has 12 heteroatoms. The van der Waals surface area contributed by atoms with Gasteiger partial charge in [0, 0.05) is 32.4 Å². The summed E-state index contributed by atoms with van der Waals surface area (Å²) in [4.78, 5) is 34.6. The highest BCUT2D eigenvalue weighted by molar-refractivity contribution is 5.78. The number of amides is 2. The Kier molecular flexibility index (Phi) is 7.01. The molecule has 154 valence electrons. The van der Waals surface area contributed by atoms with E-state index in [1.54, 1.807) is 16.7 Å². The zero-order chi connectivity index (χ0) is 20.7. The molecule has 1 aliphatic heterocycles. The molecule has 0 bridgehead atoms. The number of piperazine rings is 1. The largest absolute Gasteiger partial charge is 0.465 e. The molecule has 0 aliphatic carbocycles. The summed E-state index contributed by atoms with van der Waals surface area (Å²) in [5, 5.41) is 14.2. The van der Waals surface area contributed by atoms with Crippen LogP contribution in [0.2, 0.25) is 0 Å². The Balaban J connectivity index is 1.76. The maximum Gasteiger partial charge on any atom is 0.417 e. The highest BCUT2D eigenvalue weighted by Crippen LogP contribution is 2.29. The van der Waals surface area contributed by atoms with Gasteiger partial charge in [-0.3, -0.25) is 4.79 Å². The second-order valence-electron chi connectivity index (χ2n) is 6.04. The van der Waals surface area contributed by atoms with Gasteiger partial charge in [-0.15, -0.1) is 0 Å². The quantitative estimate of drug-likeness (QED) is 0.549. The van der Waals surface area contributed by atoms with Crippen LogP contribution in [0.5, 0.6) is 0 Å². The molecule has 1 atom stereocenters. The van der Waals surface area contributed by atoms with Crippen molar-refractivity contribution in [1.82, 2.24) is 15.2 Å². The van der Waals surface area contributed by atoms with Crippen LogP contribution >= 0.6 is 0 Å². The number of carbonyl (C=O) groups excluding carboxylic acids is 1. The zero-order valence-corrected chi connectivity index (χ0v) is 15.0. The van der Waals surface area contributed by atoms with Gasteiger partial charge in [0.2, 0.25) is 0 Å². The van der Waals surface area contributed by atoms with Crippen molar-refractivity contribution in [3.05, 3.63) is 23.9 Å². The third kappa shape index (κ3) is 6.28. The number of hydrogen-bond acceptors (Lipinski definition) is 6. The van der Waals surface area contributed by atoms with E-state index in [4.69, 9.17) is 9.94 Å². The standard InChI is InChI=1S/C16H20F3N5O4/c1-11(22-15(26)27)8-21-28-10-14(25)24-6-4-23(5-7-24)13-3-2-12(9-20-13)16(17,18)19/h2-3,8-9,11,22H,4-7,10H2,1H3,(H,26,27). The minimum Gasteiger partial charge on any atom is -0.465 e. The minimum atomic E-state index is -4.43. The maximum absolute atomic E-state index is 12.6. The van der Waals surface area contributed by atoms with E-state index in [1.165, 1.54) is 12.3 Å². The number of rotatable bonds is 6. The highest BCUT2D eigenvalue weighted by atomic mass is 19.4. The van der Waals surface area contributed by atoms with Crippen molar-refractivity contribution in [2.45, 2.75) is 19.1 Å². The van der Waals surface area contributed by atoms with Gasteiger partial charge in [-0.25, -0.2) is 9.78 Å². The predicted octanol–water partition coefficient (Wildman–Crippen LogP) is 1.41. The van der Waals surface area contributed by atoms with E-state index in [2.05, 4.69) is 15.5 Å². The fraction of sp³-hybridized carbons (Fsp3) is 0.500. The van der Waals surface area contributed by atoms with E-state index in [1.807, 2.05) is 0 Å². The predicted molar refractivity (Wildman–Crippen MR) is 93.1 cm³/mol. The zero-order valence-electron chi connectivity index (χ0n) is 15.0. The molecule has 2 rings (SSSR count). The molecular weight excluding hydrogens is 383 g/mol. The van der Waals surface area contributed by atoms with E-state index < -0.39 is 23.9 Å².